The van der Waals surface area contributed by atoms with Crippen LogP contribution >= 0.6 is 0 Å². The van der Waals surface area contributed by atoms with Crippen LogP contribution in [-0.4, -0.2) is 105 Å². The molecule has 1 aliphatic carbocycles. The number of para-hydroxylation sites is 2. The maximum Gasteiger partial charge on any atom is 0.260 e. The lowest BCUT2D eigenvalue weighted by Crippen LogP contribution is -2.45. The molecular weight excluding hydrogens is 991 g/mol. The zero-order valence-electron chi connectivity index (χ0n) is 42.4. The Morgan fingerprint density at radius 3 is 1.79 bits per heavy atom. The number of ether oxygens (including phenoxy) is 4. The first-order valence-electron chi connectivity index (χ1n) is 25.5. The van der Waals surface area contributed by atoms with Gasteiger partial charge in [0, 0.05) is 47.6 Å². The molecule has 4 aliphatic heterocycles. The molecule has 9 N–H and O–H groups in total. The number of aliphatic hydroxyl groups excluding tert-OH is 1. The minimum Gasteiger partial charge on any atom is -0.493 e. The molecule has 5 aromatic carbocycles. The highest BCUT2D eigenvalue weighted by Gasteiger charge is 2.43. The number of methoxy groups -OCH3 is 2. The Hall–Kier alpha value is -8.85. The number of fused-ring (bicyclic) bond motifs is 8. The third-order valence-corrected chi connectivity index (χ3v) is 14.7. The maximum absolute atomic E-state index is 14.1. The minimum absolute atomic E-state index is 0.0396. The van der Waals surface area contributed by atoms with Gasteiger partial charge in [-0.1, -0.05) is 36.4 Å². The van der Waals surface area contributed by atoms with Gasteiger partial charge in [0.2, 0.25) is 29.5 Å². The van der Waals surface area contributed by atoms with Crippen LogP contribution in [-0.2, 0) is 50.0 Å². The predicted octanol–water partition coefficient (Wildman–Crippen LogP) is 3.75. The molecule has 0 spiro atoms. The Bertz CT molecular complexity index is 3180. The van der Waals surface area contributed by atoms with Gasteiger partial charge in [0.1, 0.15) is 19.4 Å². The van der Waals surface area contributed by atoms with E-state index in [4.69, 9.17) is 24.7 Å². The summed E-state index contributed by atoms with van der Waals surface area (Å²) in [5.41, 5.74) is 12.2. The smallest absolute Gasteiger partial charge is 0.260 e. The average Bonchev–Trinajstić information content (AvgIpc) is 3.98. The van der Waals surface area contributed by atoms with Crippen LogP contribution in [0.4, 0.5) is 28.4 Å². The highest BCUT2D eigenvalue weighted by atomic mass is 16.5. The van der Waals surface area contributed by atoms with Gasteiger partial charge in [0.25, 0.3) is 11.8 Å². The van der Waals surface area contributed by atoms with Crippen molar-refractivity contribution in [3.63, 3.8) is 0 Å². The molecule has 77 heavy (non-hydrogen) atoms. The third kappa shape index (κ3) is 11.0. The third-order valence-electron chi connectivity index (χ3n) is 14.7. The predicted molar refractivity (Wildman–Crippen MR) is 283 cm³/mol. The quantitative estimate of drug-likeness (QED) is 0.0659. The number of aliphatic hydroxyl groups is 1. The molecule has 7 amide bonds. The summed E-state index contributed by atoms with van der Waals surface area (Å²) in [7, 11) is 2.95. The molecule has 1 saturated carbocycles. The summed E-state index contributed by atoms with van der Waals surface area (Å²) >= 11 is 0. The van der Waals surface area contributed by atoms with Gasteiger partial charge in [-0.05, 0) is 103 Å². The van der Waals surface area contributed by atoms with Crippen molar-refractivity contribution in [1.29, 1.82) is 0 Å². The lowest BCUT2D eigenvalue weighted by Gasteiger charge is -2.26. The summed E-state index contributed by atoms with van der Waals surface area (Å²) < 4.78 is 24.3. The number of anilines is 5. The summed E-state index contributed by atoms with van der Waals surface area (Å²) in [6.45, 7) is -0.870. The highest BCUT2D eigenvalue weighted by Crippen LogP contribution is 2.43. The van der Waals surface area contributed by atoms with E-state index in [0.717, 1.165) is 22.5 Å². The van der Waals surface area contributed by atoms with Gasteiger partial charge >= 0.3 is 0 Å². The fourth-order valence-electron chi connectivity index (χ4n) is 10.8. The van der Waals surface area contributed by atoms with Gasteiger partial charge in [-0.15, -0.1) is 0 Å². The van der Waals surface area contributed by atoms with Crippen molar-refractivity contribution in [3.05, 3.63) is 124 Å². The topological polar surface area (TPSA) is 281 Å². The molecule has 0 radical (unpaired) electrons. The fraction of sp³-hybridized carbons (Fsp3) is 0.339. The van der Waals surface area contributed by atoms with Crippen LogP contribution in [0.3, 0.4) is 0 Å². The maximum atomic E-state index is 14.1. The molecule has 0 bridgehead atoms. The molecule has 3 atom stereocenters. The molecule has 5 aliphatic rings. The van der Waals surface area contributed by atoms with Crippen LogP contribution in [0.1, 0.15) is 68.7 Å². The molecule has 10 rings (SSSR count). The number of benzene rings is 5. The number of hydrogen-bond acceptors (Lipinski definition) is 14. The number of carbonyl (C=O) groups excluding carboxylic acids is 7. The summed E-state index contributed by atoms with van der Waals surface area (Å²) in [5.74, 6) is -2.42. The molecule has 0 saturated heterocycles. The highest BCUT2D eigenvalue weighted by molar-refractivity contribution is 6.13. The first kappa shape index (κ1) is 51.6. The first-order valence-corrected chi connectivity index (χ1v) is 25.5. The van der Waals surface area contributed by atoms with E-state index < -0.39 is 43.1 Å². The Labute approximate surface area is 443 Å². The number of primary amides is 1. The van der Waals surface area contributed by atoms with E-state index >= 15 is 0 Å². The summed E-state index contributed by atoms with van der Waals surface area (Å²) in [4.78, 5) is 94.4. The van der Waals surface area contributed by atoms with E-state index in [2.05, 4.69) is 31.9 Å². The number of rotatable bonds is 17. The van der Waals surface area contributed by atoms with Gasteiger partial charge in [0.05, 0.1) is 68.4 Å². The van der Waals surface area contributed by atoms with Crippen LogP contribution in [0.5, 0.6) is 23.0 Å². The normalized spacial score (nSPS) is 19.6. The summed E-state index contributed by atoms with van der Waals surface area (Å²) in [5, 5.41) is 28.2. The molecule has 400 valence electrons. The Morgan fingerprint density at radius 1 is 0.636 bits per heavy atom. The van der Waals surface area contributed by atoms with Crippen LogP contribution in [0.2, 0.25) is 0 Å². The van der Waals surface area contributed by atoms with Crippen LogP contribution in [0.25, 0.3) is 0 Å². The second-order valence-corrected chi connectivity index (χ2v) is 19.7. The van der Waals surface area contributed by atoms with E-state index in [1.165, 1.54) is 14.2 Å². The summed E-state index contributed by atoms with van der Waals surface area (Å²) in [6.07, 6.45) is 2.05. The van der Waals surface area contributed by atoms with Crippen molar-refractivity contribution < 1.29 is 57.6 Å². The molecule has 21 heteroatoms. The molecule has 1 fully saturated rings. The van der Waals surface area contributed by atoms with Gasteiger partial charge < -0.3 is 71.5 Å². The SMILES string of the molecule is COc1cc2c(cc1OCc1cc(COc3cc4c(cc3OC)C(=O)N3c5ccccc5C[C@H]3C(O)N4)cc(NC(=O)CNC(=O)CNC(=O)CNC(=O)[C@H]3CC[C@H](C(N)=O)CC3)c1)NC[C@@H]1Cc3ccccc3N1C2=O. The molecule has 5 aromatic rings. The number of amides is 7. The van der Waals surface area contributed by atoms with Crippen LogP contribution in [0, 0.1) is 11.8 Å². The monoisotopic (exact) mass is 1050 g/mol. The van der Waals surface area contributed by atoms with E-state index in [-0.39, 0.29) is 78.3 Å². The van der Waals surface area contributed by atoms with Crippen molar-refractivity contribution >= 4 is 69.8 Å². The second kappa shape index (κ2) is 22.2. The van der Waals surface area contributed by atoms with Crippen molar-refractivity contribution in [2.75, 3.05) is 66.1 Å². The minimum atomic E-state index is -1.10. The van der Waals surface area contributed by atoms with Crippen molar-refractivity contribution in [2.24, 2.45) is 17.6 Å². The number of carbonyl (C=O) groups is 7. The molecule has 1 unspecified atom stereocenters. The van der Waals surface area contributed by atoms with Crippen LogP contribution in [0.15, 0.2) is 91.0 Å². The van der Waals surface area contributed by atoms with Gasteiger partial charge in [0.15, 0.2) is 23.0 Å². The molecule has 4 heterocycles. The van der Waals surface area contributed by atoms with E-state index in [1.807, 2.05) is 59.5 Å². The zero-order valence-corrected chi connectivity index (χ0v) is 42.4. The Kier molecular flexibility index (Phi) is 14.9. The Balaban J connectivity index is 0.826. The lowest BCUT2D eigenvalue weighted by atomic mass is 9.81. The largest absolute Gasteiger partial charge is 0.493 e. The van der Waals surface area contributed by atoms with Gasteiger partial charge in [-0.3, -0.25) is 33.6 Å². The van der Waals surface area contributed by atoms with E-state index in [9.17, 15) is 38.7 Å². The van der Waals surface area contributed by atoms with Crippen molar-refractivity contribution in [2.45, 2.75) is 70.1 Å². The number of nitrogens with two attached hydrogens (primary N) is 1. The number of hydrogen-bond donors (Lipinski definition) is 8. The number of nitrogens with one attached hydrogen (secondary N) is 6. The fourth-order valence-corrected chi connectivity index (χ4v) is 10.8. The lowest BCUT2D eigenvalue weighted by molar-refractivity contribution is -0.131. The standard InChI is InChI=1S/C56H59N9O12/c1-74-45-20-38-40(58-24-37-18-34-7-3-5-9-42(34)64(37)55(38)72)22-47(45)76-28-30-15-31(29-77-48-23-41-39(21-46(48)75-2)56(73)65-43-10-6-4-8-35(43)19-44(65)54(71)63-41)17-36(16-30)62-51(68)27-60-49(66)25-59-50(67)26-61-53(70)33-13-11-32(12-14-33)52(57)69/h3-10,15-17,20-23,32-33,37,44,54,58,63,71H,11-14,18-19,24-29H2,1-2H3,(H2,57,69)(H,59,67)(H,60,66)(H,61,70)(H,62,68)/t32-,33-,37-,44-,54?/m0/s1. The Morgan fingerprint density at radius 2 is 1.17 bits per heavy atom. The van der Waals surface area contributed by atoms with Crippen molar-refractivity contribution in [3.8, 4) is 23.0 Å². The summed E-state index contributed by atoms with van der Waals surface area (Å²) in [6, 6.07) is 26.5. The molecule has 21 nitrogen and oxygen atoms in total. The van der Waals surface area contributed by atoms with Gasteiger partial charge in [-0.25, -0.2) is 0 Å². The van der Waals surface area contributed by atoms with Crippen molar-refractivity contribution in [1.82, 2.24) is 16.0 Å². The zero-order chi connectivity index (χ0) is 53.9. The van der Waals surface area contributed by atoms with E-state index in [1.54, 1.807) is 41.3 Å². The number of nitrogens with zero attached hydrogens (tertiary/aromatic N) is 2. The first-order chi connectivity index (χ1) is 37.2. The molecule has 0 aromatic heterocycles. The average molecular weight is 1050 g/mol. The van der Waals surface area contributed by atoms with Crippen LogP contribution < -0.4 is 66.4 Å². The van der Waals surface area contributed by atoms with E-state index in [0.29, 0.717) is 90.3 Å². The van der Waals surface area contributed by atoms with Gasteiger partial charge in [-0.2, -0.15) is 0 Å². The molecular formula is C56H59N9O12. The second-order valence-electron chi connectivity index (χ2n) is 19.7.